The first-order valence-electron chi connectivity index (χ1n) is 8.01. The zero-order chi connectivity index (χ0) is 20.4. The first kappa shape index (κ1) is 20.2. The number of sulfonamides is 1. The summed E-state index contributed by atoms with van der Waals surface area (Å²) in [6.45, 7) is 0. The van der Waals surface area contributed by atoms with Gasteiger partial charge in [0.05, 0.1) is 20.5 Å². The minimum atomic E-state index is -3.96. The lowest BCUT2D eigenvalue weighted by Crippen LogP contribution is -2.13. The van der Waals surface area contributed by atoms with Crippen molar-refractivity contribution in [3.05, 3.63) is 77.8 Å². The molecule has 3 aromatic rings. The van der Waals surface area contributed by atoms with Gasteiger partial charge >= 0.3 is 0 Å². The molecule has 0 radical (unpaired) electrons. The molecule has 0 fully saturated rings. The molecule has 0 atom stereocenters. The standard InChI is InChI=1S/C19H16ClNO5S2/c1-27(22,23)14-10-12-15(13-11-14)28(24,25)21-17-7-3-5-9-19(17)26-18-8-4-2-6-16(18)20/h2-13,21H,1H3. The summed E-state index contributed by atoms with van der Waals surface area (Å²) in [6, 6.07) is 18.3. The topological polar surface area (TPSA) is 89.5 Å². The van der Waals surface area contributed by atoms with Gasteiger partial charge in [-0.1, -0.05) is 35.9 Å². The van der Waals surface area contributed by atoms with Crippen LogP contribution in [0.15, 0.2) is 82.6 Å². The second-order valence-corrected chi connectivity index (χ2v) is 9.98. The number of hydrogen-bond acceptors (Lipinski definition) is 5. The van der Waals surface area contributed by atoms with Gasteiger partial charge in [0.2, 0.25) is 0 Å². The van der Waals surface area contributed by atoms with E-state index in [2.05, 4.69) is 4.72 Å². The summed E-state index contributed by atoms with van der Waals surface area (Å²) in [6.07, 6.45) is 1.05. The second-order valence-electron chi connectivity index (χ2n) is 5.88. The maximum atomic E-state index is 12.7. The van der Waals surface area contributed by atoms with Crippen LogP contribution >= 0.6 is 11.6 Å². The lowest BCUT2D eigenvalue weighted by molar-refractivity contribution is 0.485. The number of nitrogens with one attached hydrogen (secondary N) is 1. The lowest BCUT2D eigenvalue weighted by Gasteiger charge is -2.14. The molecule has 6 nitrogen and oxygen atoms in total. The molecular weight excluding hydrogens is 422 g/mol. The van der Waals surface area contributed by atoms with Crippen LogP contribution in [0.5, 0.6) is 11.5 Å². The summed E-state index contributed by atoms with van der Waals surface area (Å²) in [7, 11) is -7.38. The number of benzene rings is 3. The fraction of sp³-hybridized carbons (Fsp3) is 0.0526. The van der Waals surface area contributed by atoms with E-state index in [1.165, 1.54) is 24.3 Å². The highest BCUT2D eigenvalue weighted by molar-refractivity contribution is 7.92. The van der Waals surface area contributed by atoms with Gasteiger partial charge < -0.3 is 4.74 Å². The first-order valence-corrected chi connectivity index (χ1v) is 11.8. The summed E-state index contributed by atoms with van der Waals surface area (Å²) in [5.41, 5.74) is 0.217. The minimum absolute atomic E-state index is 0.0360. The number of halogens is 1. The molecule has 9 heteroatoms. The van der Waals surface area contributed by atoms with Gasteiger partial charge in [-0.3, -0.25) is 4.72 Å². The number of sulfone groups is 1. The van der Waals surface area contributed by atoms with Gasteiger partial charge in [0.25, 0.3) is 10.0 Å². The van der Waals surface area contributed by atoms with Crippen molar-refractivity contribution in [1.29, 1.82) is 0 Å². The van der Waals surface area contributed by atoms with Gasteiger partial charge in [0.15, 0.2) is 15.6 Å². The molecule has 3 rings (SSSR count). The highest BCUT2D eigenvalue weighted by Crippen LogP contribution is 2.34. The Bertz CT molecular complexity index is 1210. The predicted molar refractivity (Wildman–Crippen MR) is 108 cm³/mol. The molecule has 0 saturated heterocycles. The molecule has 146 valence electrons. The van der Waals surface area contributed by atoms with E-state index in [0.717, 1.165) is 6.26 Å². The van der Waals surface area contributed by atoms with Crippen molar-refractivity contribution in [2.24, 2.45) is 0 Å². The molecule has 28 heavy (non-hydrogen) atoms. The molecule has 0 aliphatic carbocycles. The number of ether oxygens (including phenoxy) is 1. The van der Waals surface area contributed by atoms with Crippen molar-refractivity contribution in [3.63, 3.8) is 0 Å². The third-order valence-corrected chi connectivity index (χ3v) is 6.57. The third kappa shape index (κ3) is 4.64. The smallest absolute Gasteiger partial charge is 0.262 e. The van der Waals surface area contributed by atoms with Gasteiger partial charge in [-0.25, -0.2) is 16.8 Å². The quantitative estimate of drug-likeness (QED) is 0.619. The molecule has 0 amide bonds. The van der Waals surface area contributed by atoms with Crippen LogP contribution in [0.3, 0.4) is 0 Å². The average Bonchev–Trinajstić information content (AvgIpc) is 2.64. The molecule has 3 aromatic carbocycles. The number of anilines is 1. The number of hydrogen-bond donors (Lipinski definition) is 1. The Morgan fingerprint density at radius 2 is 1.29 bits per heavy atom. The Hall–Kier alpha value is -2.55. The Morgan fingerprint density at radius 3 is 1.89 bits per heavy atom. The summed E-state index contributed by atoms with van der Waals surface area (Å²) < 4.78 is 56.7. The molecule has 0 aromatic heterocycles. The van der Waals surface area contributed by atoms with Gasteiger partial charge in [-0.2, -0.15) is 0 Å². The minimum Gasteiger partial charge on any atom is -0.454 e. The Balaban J connectivity index is 1.90. The second kappa shape index (κ2) is 7.83. The lowest BCUT2D eigenvalue weighted by atomic mass is 10.3. The van der Waals surface area contributed by atoms with Crippen molar-refractivity contribution < 1.29 is 21.6 Å². The zero-order valence-corrected chi connectivity index (χ0v) is 17.1. The molecule has 0 aliphatic rings. The Kier molecular flexibility index (Phi) is 5.64. The van der Waals surface area contributed by atoms with Crippen molar-refractivity contribution in [1.82, 2.24) is 0 Å². The maximum Gasteiger partial charge on any atom is 0.262 e. The zero-order valence-electron chi connectivity index (χ0n) is 14.7. The third-order valence-electron chi connectivity index (χ3n) is 3.75. The molecule has 0 spiro atoms. The van der Waals surface area contributed by atoms with E-state index in [1.807, 2.05) is 0 Å². The van der Waals surface area contributed by atoms with Crippen LogP contribution in [0.25, 0.3) is 0 Å². The molecule has 0 unspecified atom stereocenters. The van der Waals surface area contributed by atoms with Gasteiger partial charge in [0.1, 0.15) is 5.75 Å². The van der Waals surface area contributed by atoms with E-state index >= 15 is 0 Å². The van der Waals surface area contributed by atoms with E-state index in [0.29, 0.717) is 10.8 Å². The first-order chi connectivity index (χ1) is 13.2. The van der Waals surface area contributed by atoms with Crippen LogP contribution < -0.4 is 9.46 Å². The maximum absolute atomic E-state index is 12.7. The summed E-state index contributed by atoms with van der Waals surface area (Å²) in [5.74, 6) is 0.653. The predicted octanol–water partition coefficient (Wildman–Crippen LogP) is 4.34. The van der Waals surface area contributed by atoms with Crippen molar-refractivity contribution >= 4 is 37.1 Å². The SMILES string of the molecule is CS(=O)(=O)c1ccc(S(=O)(=O)Nc2ccccc2Oc2ccccc2Cl)cc1. The van der Waals surface area contributed by atoms with Crippen molar-refractivity contribution in [2.45, 2.75) is 9.79 Å². The normalized spacial score (nSPS) is 11.8. The monoisotopic (exact) mass is 437 g/mol. The van der Waals surface area contributed by atoms with Gasteiger partial charge in [0, 0.05) is 6.26 Å². The Morgan fingerprint density at radius 1 is 0.750 bits per heavy atom. The fourth-order valence-electron chi connectivity index (χ4n) is 2.36. The molecular formula is C19H16ClNO5S2. The van der Waals surface area contributed by atoms with Crippen molar-refractivity contribution in [3.8, 4) is 11.5 Å². The van der Waals surface area contributed by atoms with E-state index in [1.54, 1.807) is 48.5 Å². The highest BCUT2D eigenvalue weighted by atomic mass is 35.5. The molecule has 1 N–H and O–H groups in total. The van der Waals surface area contributed by atoms with Crippen LogP contribution in [0, 0.1) is 0 Å². The molecule has 0 saturated carbocycles. The molecule has 0 aliphatic heterocycles. The van der Waals surface area contributed by atoms with Crippen LogP contribution in [0.2, 0.25) is 5.02 Å². The van der Waals surface area contributed by atoms with E-state index in [-0.39, 0.29) is 21.2 Å². The molecule has 0 heterocycles. The average molecular weight is 438 g/mol. The number of para-hydroxylation sites is 3. The largest absolute Gasteiger partial charge is 0.454 e. The Labute approximate surface area is 168 Å². The summed E-state index contributed by atoms with van der Waals surface area (Å²) >= 11 is 6.09. The van der Waals surface area contributed by atoms with E-state index in [9.17, 15) is 16.8 Å². The van der Waals surface area contributed by atoms with Crippen LogP contribution in [-0.2, 0) is 19.9 Å². The summed E-state index contributed by atoms with van der Waals surface area (Å²) in [5, 5.41) is 0.386. The van der Waals surface area contributed by atoms with Crippen molar-refractivity contribution in [2.75, 3.05) is 11.0 Å². The number of rotatable bonds is 6. The van der Waals surface area contributed by atoms with Gasteiger partial charge in [-0.15, -0.1) is 0 Å². The molecule has 0 bridgehead atoms. The fourth-order valence-corrected chi connectivity index (χ4v) is 4.23. The van der Waals surface area contributed by atoms with E-state index < -0.39 is 19.9 Å². The van der Waals surface area contributed by atoms with Crippen LogP contribution in [-0.4, -0.2) is 23.1 Å². The summed E-state index contributed by atoms with van der Waals surface area (Å²) in [4.78, 5) is -0.0404. The highest BCUT2D eigenvalue weighted by Gasteiger charge is 2.18. The van der Waals surface area contributed by atoms with Crippen LogP contribution in [0.1, 0.15) is 0 Å². The van der Waals surface area contributed by atoms with E-state index in [4.69, 9.17) is 16.3 Å². The van der Waals surface area contributed by atoms with Crippen LogP contribution in [0.4, 0.5) is 5.69 Å². The van der Waals surface area contributed by atoms with Gasteiger partial charge in [-0.05, 0) is 48.5 Å².